The molecule has 4 aromatic carbocycles. The summed E-state index contributed by atoms with van der Waals surface area (Å²) in [7, 11) is -11.8. The number of hydrogen-bond donors (Lipinski definition) is 4. The van der Waals surface area contributed by atoms with Gasteiger partial charge in [0.15, 0.2) is 0 Å². The molecule has 20 nitrogen and oxygen atoms in total. The van der Waals surface area contributed by atoms with Gasteiger partial charge in [-0.2, -0.15) is 25.4 Å². The first-order chi connectivity index (χ1) is 30.0. The van der Waals surface area contributed by atoms with Crippen molar-refractivity contribution in [3.63, 3.8) is 0 Å². The van der Waals surface area contributed by atoms with Gasteiger partial charge < -0.3 is 29.9 Å². The maximum absolute atomic E-state index is 13.6. The van der Waals surface area contributed by atoms with E-state index in [4.69, 9.17) is 9.47 Å². The molecule has 4 aromatic rings. The van der Waals surface area contributed by atoms with Gasteiger partial charge in [0.25, 0.3) is 32.1 Å². The summed E-state index contributed by atoms with van der Waals surface area (Å²) >= 11 is 0. The fourth-order valence-electron chi connectivity index (χ4n) is 6.91. The van der Waals surface area contributed by atoms with Gasteiger partial charge >= 0.3 is 0 Å². The van der Waals surface area contributed by atoms with Crippen molar-refractivity contribution in [1.82, 2.24) is 18.4 Å². The van der Waals surface area contributed by atoms with Gasteiger partial charge in [0, 0.05) is 74.9 Å². The molecular weight excluding hydrogens is 917 g/mol. The van der Waals surface area contributed by atoms with Crippen LogP contribution in [0, 0.1) is 0 Å². The van der Waals surface area contributed by atoms with Crippen molar-refractivity contribution in [3.05, 3.63) is 95.1 Å². The molecule has 2 aliphatic heterocycles. The molecule has 2 saturated heterocycles. The molecule has 2 amide bonds. The average molecular weight is 963 g/mol. The zero-order valence-electron chi connectivity index (χ0n) is 35.0. The van der Waals surface area contributed by atoms with E-state index in [0.29, 0.717) is 26.2 Å². The third kappa shape index (κ3) is 10.8. The average Bonchev–Trinajstić information content (AvgIpc) is 3.25. The van der Waals surface area contributed by atoms with E-state index in [9.17, 15) is 52.4 Å². The quantitative estimate of drug-likeness (QED) is 0.105. The van der Waals surface area contributed by atoms with Crippen LogP contribution in [0.5, 0.6) is 11.5 Å². The van der Waals surface area contributed by atoms with Crippen molar-refractivity contribution in [2.45, 2.75) is 19.6 Å². The molecule has 0 unspecified atom stereocenters. The lowest BCUT2D eigenvalue weighted by Gasteiger charge is -2.31. The smallest absolute Gasteiger partial charge is 0.295 e. The Hall–Kier alpha value is -5.28. The fraction of sp³-hybridized carbons (Fsp3) is 0.300. The topological polar surface area (TPSA) is 267 Å². The van der Waals surface area contributed by atoms with Gasteiger partial charge in [-0.15, -0.1) is 0 Å². The van der Waals surface area contributed by atoms with Crippen molar-refractivity contribution >= 4 is 75.6 Å². The molecule has 0 aliphatic carbocycles. The fourth-order valence-corrected chi connectivity index (χ4v) is 11.5. The van der Waals surface area contributed by atoms with E-state index in [1.54, 1.807) is 0 Å². The third-order valence-corrected chi connectivity index (χ3v) is 16.2. The third-order valence-electron chi connectivity index (χ3n) is 10.6. The number of piperazine rings is 2. The number of anilines is 2. The number of carbonyl (C=O) groups is 2. The molecule has 2 heterocycles. The number of rotatable bonds is 14. The minimum atomic E-state index is -5.00. The molecular formula is C40H46N6O14S4. The Morgan fingerprint density at radius 1 is 0.516 bits per heavy atom. The highest BCUT2D eigenvalue weighted by Gasteiger charge is 2.33. The first-order valence-electron chi connectivity index (χ1n) is 19.3. The number of methoxy groups -OCH3 is 2. The summed E-state index contributed by atoms with van der Waals surface area (Å²) in [5.41, 5.74) is -0.795. The summed E-state index contributed by atoms with van der Waals surface area (Å²) in [6.07, 6.45) is 2.24. The van der Waals surface area contributed by atoms with E-state index in [1.807, 2.05) is 23.9 Å². The Balaban J connectivity index is 1.23. The van der Waals surface area contributed by atoms with Crippen molar-refractivity contribution in [3.8, 4) is 11.5 Å². The zero-order chi connectivity index (χ0) is 46.8. The maximum Gasteiger partial charge on any atom is 0.295 e. The SMILES string of the molecule is COc1ccc(C(=O)Nc2ccc(C=Cc3ccc(NC(=O)c4ccc(OC)c(S(=O)(=O)N5CCN(C)CC5)c4)cc3S(=O)(=O)O)c(S(=O)(=O)O)c2)cc1S(=O)(=O)N1CCN(C)CC1. The van der Waals surface area contributed by atoms with Gasteiger partial charge in [-0.3, -0.25) is 18.7 Å². The molecule has 64 heavy (non-hydrogen) atoms. The first kappa shape index (κ1) is 48.2. The Bertz CT molecular complexity index is 2750. The molecule has 2 fully saturated rings. The Kier molecular flexibility index (Phi) is 14.3. The van der Waals surface area contributed by atoms with Gasteiger partial charge in [0.05, 0.1) is 14.2 Å². The highest BCUT2D eigenvalue weighted by Crippen LogP contribution is 2.32. The van der Waals surface area contributed by atoms with Crippen LogP contribution in [0.25, 0.3) is 12.2 Å². The van der Waals surface area contributed by atoms with Crippen molar-refractivity contribution in [2.75, 3.05) is 91.3 Å². The summed E-state index contributed by atoms with van der Waals surface area (Å²) in [6.45, 7) is 2.89. The second-order valence-corrected chi connectivity index (χ2v) is 21.4. The van der Waals surface area contributed by atoms with Gasteiger partial charge in [0.1, 0.15) is 31.1 Å². The second-order valence-electron chi connectivity index (χ2n) is 14.8. The van der Waals surface area contributed by atoms with E-state index < -0.39 is 61.9 Å². The molecule has 0 aromatic heterocycles. The molecule has 0 spiro atoms. The van der Waals surface area contributed by atoms with E-state index in [1.165, 1.54) is 71.4 Å². The number of nitrogens with one attached hydrogen (secondary N) is 2. The number of benzene rings is 4. The number of carbonyl (C=O) groups excluding carboxylic acids is 2. The lowest BCUT2D eigenvalue weighted by atomic mass is 10.1. The highest BCUT2D eigenvalue weighted by atomic mass is 32.2. The standard InChI is InChI=1S/C40H46N6O14S4/c1-43-15-19-45(20-16-43)61(49,50)37-23-29(9-13-33(37)59-3)39(47)41-31-11-7-27(35(25-31)63(53,54)55)5-6-28-8-12-32(26-36(28)64(56,57)58)42-40(48)30-10-14-34(60-4)38(24-30)62(51,52)46-21-17-44(2)18-22-46/h5-14,23-26H,15-22H2,1-4H3,(H,41,47)(H,42,48)(H,53,54,55)(H,56,57,58). The number of likely N-dealkylation sites (N-methyl/N-ethyl adjacent to an activating group) is 2. The van der Waals surface area contributed by atoms with Crippen LogP contribution in [0.4, 0.5) is 11.4 Å². The van der Waals surface area contributed by atoms with Crippen LogP contribution in [0.3, 0.4) is 0 Å². The molecule has 0 bridgehead atoms. The molecule has 24 heteroatoms. The normalized spacial score (nSPS) is 16.4. The molecule has 4 N–H and O–H groups in total. The minimum Gasteiger partial charge on any atom is -0.495 e. The highest BCUT2D eigenvalue weighted by molar-refractivity contribution is 7.89. The lowest BCUT2D eigenvalue weighted by Crippen LogP contribution is -2.47. The van der Waals surface area contributed by atoms with E-state index in [2.05, 4.69) is 10.6 Å². The number of hydrogen-bond acceptors (Lipinski definition) is 14. The summed E-state index contributed by atoms with van der Waals surface area (Å²) < 4.78 is 138. The Morgan fingerprint density at radius 2 is 0.859 bits per heavy atom. The van der Waals surface area contributed by atoms with Crippen molar-refractivity contribution < 1.29 is 61.8 Å². The van der Waals surface area contributed by atoms with Gasteiger partial charge in [-0.25, -0.2) is 16.8 Å². The summed E-state index contributed by atoms with van der Waals surface area (Å²) in [4.78, 5) is 28.8. The van der Waals surface area contributed by atoms with Crippen LogP contribution in [0.1, 0.15) is 31.8 Å². The van der Waals surface area contributed by atoms with Crippen molar-refractivity contribution in [2.24, 2.45) is 0 Å². The van der Waals surface area contributed by atoms with E-state index in [-0.39, 0.29) is 81.1 Å². The zero-order valence-corrected chi connectivity index (χ0v) is 38.2. The molecule has 344 valence electrons. The monoisotopic (exact) mass is 962 g/mol. The largest absolute Gasteiger partial charge is 0.495 e. The van der Waals surface area contributed by atoms with Crippen molar-refractivity contribution in [1.29, 1.82) is 0 Å². The molecule has 2 aliphatic rings. The van der Waals surface area contributed by atoms with Crippen LogP contribution in [-0.2, 0) is 40.3 Å². The van der Waals surface area contributed by atoms with E-state index in [0.717, 1.165) is 36.4 Å². The van der Waals surface area contributed by atoms with Crippen LogP contribution >= 0.6 is 0 Å². The molecule has 6 rings (SSSR count). The number of nitrogens with zero attached hydrogens (tertiary/aromatic N) is 4. The summed E-state index contributed by atoms with van der Waals surface area (Å²) in [6, 6.07) is 14.4. The van der Waals surface area contributed by atoms with Crippen LogP contribution in [0.2, 0.25) is 0 Å². The predicted molar refractivity (Wildman–Crippen MR) is 236 cm³/mol. The minimum absolute atomic E-state index is 0.00981. The number of ether oxygens (including phenoxy) is 2. The van der Waals surface area contributed by atoms with Gasteiger partial charge in [-0.05, 0) is 85.9 Å². The number of amides is 2. The molecule has 0 radical (unpaired) electrons. The van der Waals surface area contributed by atoms with Crippen LogP contribution in [0.15, 0.2) is 92.4 Å². The summed E-state index contributed by atoms with van der Waals surface area (Å²) in [5.74, 6) is -1.63. The van der Waals surface area contributed by atoms with Gasteiger partial charge in [-0.1, -0.05) is 24.3 Å². The Morgan fingerprint density at radius 3 is 1.17 bits per heavy atom. The van der Waals surface area contributed by atoms with Gasteiger partial charge in [0.2, 0.25) is 20.0 Å². The Labute approximate surface area is 371 Å². The lowest BCUT2D eigenvalue weighted by molar-refractivity contribution is 0.101. The maximum atomic E-state index is 13.6. The van der Waals surface area contributed by atoms with E-state index >= 15 is 0 Å². The number of sulfonamides is 2. The summed E-state index contributed by atoms with van der Waals surface area (Å²) in [5, 5.41) is 4.97. The van der Waals surface area contributed by atoms with Crippen LogP contribution in [-0.4, -0.2) is 154 Å². The second kappa shape index (κ2) is 19.1. The molecule has 0 saturated carbocycles. The van der Waals surface area contributed by atoms with Crippen LogP contribution < -0.4 is 20.1 Å². The molecule has 0 atom stereocenters. The first-order valence-corrected chi connectivity index (χ1v) is 25.1. The predicted octanol–water partition coefficient (Wildman–Crippen LogP) is 2.74.